The van der Waals surface area contributed by atoms with E-state index in [0.29, 0.717) is 0 Å². The van der Waals surface area contributed by atoms with Crippen molar-refractivity contribution >= 4 is 25.7 Å². The molecule has 0 atom stereocenters. The molecule has 0 fully saturated rings. The Labute approximate surface area is 145 Å². The lowest BCUT2D eigenvalue weighted by molar-refractivity contribution is 0.354. The highest BCUT2D eigenvalue weighted by Crippen LogP contribution is 2.52. The second-order valence-electron chi connectivity index (χ2n) is 7.89. The van der Waals surface area contributed by atoms with Crippen LogP contribution in [-0.2, 0) is 5.21 Å². The van der Waals surface area contributed by atoms with E-state index < -0.39 is 15.2 Å². The standard InChI is InChI=1S/C19H25B2NS/c1-18(2,3)19(20,21)15-13-22-16(12-17(15)23(4,5)6)14-10-8-7-9-11-14/h7-13H,1-6H3. The largest absolute Gasteiger partial charge is 0.256 e. The normalized spacial score (nSPS) is 13.8. The lowest BCUT2D eigenvalue weighted by Crippen LogP contribution is -2.42. The fraction of sp³-hybridized carbons (Fsp3) is 0.421. The minimum absolute atomic E-state index is 0.262. The van der Waals surface area contributed by atoms with Gasteiger partial charge in [-0.15, -0.1) is 0 Å². The third-order valence-corrected chi connectivity index (χ3v) is 5.94. The summed E-state index contributed by atoms with van der Waals surface area (Å²) in [5.74, 6) is 0. The fourth-order valence-electron chi connectivity index (χ4n) is 2.43. The first-order valence-electron chi connectivity index (χ1n) is 7.76. The van der Waals surface area contributed by atoms with E-state index in [0.717, 1.165) is 16.8 Å². The zero-order valence-corrected chi connectivity index (χ0v) is 15.9. The van der Waals surface area contributed by atoms with Gasteiger partial charge in [-0.25, -0.2) is 10.0 Å². The van der Waals surface area contributed by atoms with E-state index in [2.05, 4.69) is 62.7 Å². The zero-order valence-electron chi connectivity index (χ0n) is 15.1. The molecule has 1 aromatic carbocycles. The lowest BCUT2D eigenvalue weighted by atomic mass is 9.41. The van der Waals surface area contributed by atoms with Gasteiger partial charge in [0, 0.05) is 11.8 Å². The molecule has 0 amide bonds. The lowest BCUT2D eigenvalue weighted by Gasteiger charge is -2.44. The monoisotopic (exact) mass is 321 g/mol. The van der Waals surface area contributed by atoms with E-state index in [9.17, 15) is 0 Å². The van der Waals surface area contributed by atoms with Crippen LogP contribution in [0.15, 0.2) is 47.5 Å². The van der Waals surface area contributed by atoms with E-state index in [4.69, 9.17) is 15.7 Å². The smallest absolute Gasteiger partial charge is 0.0712 e. The van der Waals surface area contributed by atoms with Crippen LogP contribution in [-0.4, -0.2) is 39.4 Å². The number of benzene rings is 1. The van der Waals surface area contributed by atoms with Gasteiger partial charge in [-0.3, -0.25) is 4.98 Å². The van der Waals surface area contributed by atoms with E-state index in [1.165, 1.54) is 4.90 Å². The molecule has 0 aliphatic carbocycles. The van der Waals surface area contributed by atoms with Gasteiger partial charge in [0.1, 0.15) is 0 Å². The summed E-state index contributed by atoms with van der Waals surface area (Å²) >= 11 is 0. The number of hydrogen-bond donors (Lipinski definition) is 0. The van der Waals surface area contributed by atoms with Gasteiger partial charge >= 0.3 is 0 Å². The highest BCUT2D eigenvalue weighted by atomic mass is 32.3. The summed E-state index contributed by atoms with van der Waals surface area (Å²) in [5.41, 5.74) is 2.77. The second-order valence-corrected chi connectivity index (χ2v) is 12.0. The van der Waals surface area contributed by atoms with E-state index in [-0.39, 0.29) is 5.41 Å². The molecule has 1 nitrogen and oxygen atoms in total. The Morgan fingerprint density at radius 3 is 2.00 bits per heavy atom. The predicted octanol–water partition coefficient (Wildman–Crippen LogP) is 4.34. The van der Waals surface area contributed by atoms with Crippen LogP contribution in [0.5, 0.6) is 0 Å². The number of rotatable bonds is 3. The van der Waals surface area contributed by atoms with Gasteiger partial charge < -0.3 is 0 Å². The van der Waals surface area contributed by atoms with Crippen molar-refractivity contribution in [1.29, 1.82) is 0 Å². The van der Waals surface area contributed by atoms with Crippen molar-refractivity contribution in [1.82, 2.24) is 4.98 Å². The molecule has 0 saturated carbocycles. The molecular formula is C19H25B2NS. The summed E-state index contributed by atoms with van der Waals surface area (Å²) < 4.78 is 0. The van der Waals surface area contributed by atoms with Crippen LogP contribution in [0.25, 0.3) is 11.3 Å². The SMILES string of the molecule is [B]C([B])(c1cnc(-c2ccccc2)cc1S(C)(C)C)C(C)(C)C. The Bertz CT molecular complexity index is 683. The topological polar surface area (TPSA) is 12.9 Å². The number of hydrogen-bond acceptors (Lipinski definition) is 1. The van der Waals surface area contributed by atoms with Crippen molar-refractivity contribution in [2.45, 2.75) is 30.9 Å². The first kappa shape index (κ1) is 18.2. The fourth-order valence-corrected chi connectivity index (χ4v) is 3.77. The van der Waals surface area contributed by atoms with Gasteiger partial charge in [0.05, 0.1) is 21.4 Å². The summed E-state index contributed by atoms with van der Waals surface area (Å²) in [7, 11) is 12.1. The summed E-state index contributed by atoms with van der Waals surface area (Å²) in [5, 5.41) is -0.926. The Hall–Kier alpha value is -1.15. The highest BCUT2D eigenvalue weighted by molar-refractivity contribution is 8.32. The number of nitrogens with zero attached hydrogens (tertiary/aromatic N) is 1. The molecule has 4 heteroatoms. The Balaban J connectivity index is 2.67. The molecular weight excluding hydrogens is 296 g/mol. The second kappa shape index (κ2) is 6.05. The third kappa shape index (κ3) is 3.68. The maximum absolute atomic E-state index is 6.55. The van der Waals surface area contributed by atoms with Crippen molar-refractivity contribution in [3.8, 4) is 11.3 Å². The minimum atomic E-state index is -1.01. The number of pyridine rings is 1. The van der Waals surface area contributed by atoms with E-state index >= 15 is 0 Å². The van der Waals surface area contributed by atoms with Gasteiger partial charge in [0.25, 0.3) is 0 Å². The predicted molar refractivity (Wildman–Crippen MR) is 106 cm³/mol. The molecule has 0 bridgehead atoms. The van der Waals surface area contributed by atoms with Crippen LogP contribution < -0.4 is 0 Å². The van der Waals surface area contributed by atoms with Gasteiger partial charge in [0.15, 0.2) is 0 Å². The van der Waals surface area contributed by atoms with Gasteiger partial charge in [-0.2, -0.15) is 0 Å². The molecule has 2 rings (SSSR count). The maximum Gasteiger partial charge on any atom is 0.0712 e. The minimum Gasteiger partial charge on any atom is -0.256 e. The summed E-state index contributed by atoms with van der Waals surface area (Å²) in [4.78, 5) is 5.88. The maximum atomic E-state index is 6.55. The summed E-state index contributed by atoms with van der Waals surface area (Å²) in [6.07, 6.45) is 8.67. The van der Waals surface area contributed by atoms with Crippen LogP contribution >= 0.6 is 10.0 Å². The molecule has 0 aliphatic rings. The first-order chi connectivity index (χ1) is 10.4. The van der Waals surface area contributed by atoms with Crippen LogP contribution in [0.2, 0.25) is 0 Å². The van der Waals surface area contributed by atoms with Crippen LogP contribution in [0.1, 0.15) is 26.3 Å². The molecule has 0 saturated heterocycles. The van der Waals surface area contributed by atoms with E-state index in [1.54, 1.807) is 0 Å². The molecule has 0 aliphatic heterocycles. The molecule has 118 valence electrons. The molecule has 4 radical (unpaired) electrons. The van der Waals surface area contributed by atoms with Gasteiger partial charge in [0.2, 0.25) is 0 Å². The van der Waals surface area contributed by atoms with Gasteiger partial charge in [-0.05, 0) is 40.7 Å². The quantitative estimate of drug-likeness (QED) is 0.767. The van der Waals surface area contributed by atoms with Crippen LogP contribution in [0, 0.1) is 5.41 Å². The summed E-state index contributed by atoms with van der Waals surface area (Å²) in [6.45, 7) is 6.21. The first-order valence-corrected chi connectivity index (χ1v) is 10.6. The average Bonchev–Trinajstić information content (AvgIpc) is 2.45. The van der Waals surface area contributed by atoms with Crippen LogP contribution in [0.4, 0.5) is 0 Å². The van der Waals surface area contributed by atoms with E-state index in [1.807, 2.05) is 24.4 Å². The van der Waals surface area contributed by atoms with Gasteiger partial charge in [-0.1, -0.05) is 56.3 Å². The Morgan fingerprint density at radius 1 is 0.957 bits per heavy atom. The Morgan fingerprint density at radius 2 is 1.52 bits per heavy atom. The zero-order chi connectivity index (χ0) is 17.5. The summed E-state index contributed by atoms with van der Waals surface area (Å²) in [6, 6.07) is 12.4. The average molecular weight is 321 g/mol. The molecule has 1 heterocycles. The van der Waals surface area contributed by atoms with Crippen molar-refractivity contribution in [3.63, 3.8) is 0 Å². The van der Waals surface area contributed by atoms with Crippen molar-refractivity contribution in [2.75, 3.05) is 18.8 Å². The molecule has 23 heavy (non-hydrogen) atoms. The molecule has 0 spiro atoms. The highest BCUT2D eigenvalue weighted by Gasteiger charge is 2.36. The van der Waals surface area contributed by atoms with Crippen LogP contribution in [0.3, 0.4) is 0 Å². The molecule has 0 N–H and O–H groups in total. The molecule has 2 aromatic rings. The molecule has 1 aromatic heterocycles. The Kier molecular flexibility index (Phi) is 4.79. The number of aromatic nitrogens is 1. The van der Waals surface area contributed by atoms with Crippen molar-refractivity contribution < 1.29 is 0 Å². The molecule has 0 unspecified atom stereocenters. The van der Waals surface area contributed by atoms with Crippen molar-refractivity contribution in [2.24, 2.45) is 5.41 Å². The third-order valence-electron chi connectivity index (χ3n) is 4.28. The van der Waals surface area contributed by atoms with Crippen molar-refractivity contribution in [3.05, 3.63) is 48.2 Å².